The lowest BCUT2D eigenvalue weighted by Crippen LogP contribution is -2.36. The molecule has 2 aliphatic rings. The van der Waals surface area contributed by atoms with Crippen LogP contribution in [0, 0.1) is 11.8 Å². The summed E-state index contributed by atoms with van der Waals surface area (Å²) >= 11 is 12.0. The zero-order valence-corrected chi connectivity index (χ0v) is 15.6. The highest BCUT2D eigenvalue weighted by Gasteiger charge is 2.43. The average Bonchev–Trinajstić information content (AvgIpc) is 3.26. The number of rotatable bonds is 3. The van der Waals surface area contributed by atoms with E-state index in [1.807, 2.05) is 11.0 Å². The molecule has 4 rings (SSSR count). The lowest BCUT2D eigenvalue weighted by Gasteiger charge is -2.34. The predicted molar refractivity (Wildman–Crippen MR) is 98.0 cm³/mol. The summed E-state index contributed by atoms with van der Waals surface area (Å²) < 4.78 is 1.74. The van der Waals surface area contributed by atoms with Crippen molar-refractivity contribution in [2.24, 2.45) is 11.8 Å². The summed E-state index contributed by atoms with van der Waals surface area (Å²) in [5.41, 5.74) is 0.861. The van der Waals surface area contributed by atoms with E-state index in [0.29, 0.717) is 41.3 Å². The quantitative estimate of drug-likeness (QED) is 0.868. The molecule has 1 amide bonds. The van der Waals surface area contributed by atoms with Gasteiger partial charge in [0.1, 0.15) is 12.7 Å². The van der Waals surface area contributed by atoms with Gasteiger partial charge in [-0.3, -0.25) is 4.79 Å². The standard InChI is InChI=1S/C18H20Cl2N4O2/c19-14-2-1-11(3-15(14)20)4-18(26)23-7-12-5-16(24-10-21-9-22-24)17(25)6-13(12)8-23/h1-3,9-10,12-13,16-17,25H,4-8H2/t12-,13+,16-,17-/m1/s1. The molecule has 1 aliphatic heterocycles. The minimum absolute atomic E-state index is 0.0659. The number of fused-ring (bicyclic) bond motifs is 1. The molecule has 26 heavy (non-hydrogen) atoms. The highest BCUT2D eigenvalue weighted by molar-refractivity contribution is 6.42. The molecule has 1 aliphatic carbocycles. The van der Waals surface area contributed by atoms with Crippen LogP contribution in [0.5, 0.6) is 0 Å². The van der Waals surface area contributed by atoms with Crippen LogP contribution in [-0.4, -0.2) is 49.9 Å². The summed E-state index contributed by atoms with van der Waals surface area (Å²) in [6.45, 7) is 1.43. The van der Waals surface area contributed by atoms with Crippen LogP contribution in [-0.2, 0) is 11.2 Å². The molecule has 2 aromatic rings. The van der Waals surface area contributed by atoms with Gasteiger partial charge in [-0.25, -0.2) is 9.67 Å². The molecule has 6 nitrogen and oxygen atoms in total. The van der Waals surface area contributed by atoms with Crippen LogP contribution >= 0.6 is 23.2 Å². The van der Waals surface area contributed by atoms with Crippen molar-refractivity contribution < 1.29 is 9.90 Å². The van der Waals surface area contributed by atoms with E-state index < -0.39 is 6.10 Å². The van der Waals surface area contributed by atoms with E-state index in [9.17, 15) is 9.90 Å². The highest BCUT2D eigenvalue weighted by Crippen LogP contribution is 2.41. The van der Waals surface area contributed by atoms with Gasteiger partial charge in [0, 0.05) is 13.1 Å². The maximum atomic E-state index is 12.7. The Labute approximate surface area is 161 Å². The number of amides is 1. The number of hydrogen-bond acceptors (Lipinski definition) is 4. The lowest BCUT2D eigenvalue weighted by molar-refractivity contribution is -0.129. The Bertz CT molecular complexity index is 798. The molecule has 2 heterocycles. The molecule has 138 valence electrons. The van der Waals surface area contributed by atoms with Gasteiger partial charge in [-0.05, 0) is 42.4 Å². The topological polar surface area (TPSA) is 71.2 Å². The van der Waals surface area contributed by atoms with E-state index >= 15 is 0 Å². The number of nitrogens with zero attached hydrogens (tertiary/aromatic N) is 4. The van der Waals surface area contributed by atoms with Gasteiger partial charge in [-0.1, -0.05) is 29.3 Å². The van der Waals surface area contributed by atoms with Crippen molar-refractivity contribution in [1.29, 1.82) is 0 Å². The summed E-state index contributed by atoms with van der Waals surface area (Å²) in [7, 11) is 0. The number of carbonyl (C=O) groups excluding carboxylic acids is 1. The fourth-order valence-corrected chi connectivity index (χ4v) is 4.54. The van der Waals surface area contributed by atoms with Gasteiger partial charge in [0.2, 0.25) is 5.91 Å². The van der Waals surface area contributed by atoms with Crippen LogP contribution in [0.15, 0.2) is 30.9 Å². The van der Waals surface area contributed by atoms with Crippen molar-refractivity contribution in [2.45, 2.75) is 31.4 Å². The number of halogens is 2. The van der Waals surface area contributed by atoms with Crippen LogP contribution in [0.3, 0.4) is 0 Å². The van der Waals surface area contributed by atoms with Crippen molar-refractivity contribution in [1.82, 2.24) is 19.7 Å². The lowest BCUT2D eigenvalue weighted by atomic mass is 9.77. The fraction of sp³-hybridized carbons (Fsp3) is 0.500. The second-order valence-corrected chi connectivity index (χ2v) is 8.04. The zero-order chi connectivity index (χ0) is 18.3. The number of benzene rings is 1. The number of aliphatic hydroxyl groups excluding tert-OH is 1. The normalized spacial score (nSPS) is 28.2. The second kappa shape index (κ2) is 7.18. The Hall–Kier alpha value is -1.63. The van der Waals surface area contributed by atoms with Gasteiger partial charge in [0.05, 0.1) is 28.6 Å². The fourth-order valence-electron chi connectivity index (χ4n) is 4.22. The van der Waals surface area contributed by atoms with Gasteiger partial charge in [-0.2, -0.15) is 5.10 Å². The van der Waals surface area contributed by atoms with Gasteiger partial charge >= 0.3 is 0 Å². The number of hydrogen-bond donors (Lipinski definition) is 1. The number of aromatic nitrogens is 3. The second-order valence-electron chi connectivity index (χ2n) is 7.23. The molecule has 4 atom stereocenters. The minimum atomic E-state index is -0.455. The van der Waals surface area contributed by atoms with Gasteiger partial charge in [0.25, 0.3) is 0 Å². The Morgan fingerprint density at radius 1 is 1.19 bits per heavy atom. The van der Waals surface area contributed by atoms with E-state index in [0.717, 1.165) is 18.5 Å². The first-order chi connectivity index (χ1) is 12.5. The van der Waals surface area contributed by atoms with Crippen molar-refractivity contribution in [3.05, 3.63) is 46.5 Å². The molecular weight excluding hydrogens is 375 g/mol. The van der Waals surface area contributed by atoms with Crippen LogP contribution in [0.25, 0.3) is 0 Å². The SMILES string of the molecule is O=C(Cc1ccc(Cl)c(Cl)c1)N1C[C@H]2C[C@@H](n3cncn3)[C@H](O)C[C@H]2C1. The third kappa shape index (κ3) is 3.46. The maximum absolute atomic E-state index is 12.7. The summed E-state index contributed by atoms with van der Waals surface area (Å²) in [6, 6.07) is 5.23. The first-order valence-electron chi connectivity index (χ1n) is 8.75. The van der Waals surface area contributed by atoms with E-state index in [4.69, 9.17) is 23.2 Å². The van der Waals surface area contributed by atoms with Gasteiger partial charge < -0.3 is 10.0 Å². The van der Waals surface area contributed by atoms with Crippen molar-refractivity contribution in [2.75, 3.05) is 13.1 Å². The van der Waals surface area contributed by atoms with E-state index in [1.165, 1.54) is 6.33 Å². The molecule has 0 unspecified atom stereocenters. The Morgan fingerprint density at radius 3 is 2.65 bits per heavy atom. The van der Waals surface area contributed by atoms with Crippen molar-refractivity contribution in [3.63, 3.8) is 0 Å². The minimum Gasteiger partial charge on any atom is -0.391 e. The molecule has 2 fully saturated rings. The van der Waals surface area contributed by atoms with Crippen LogP contribution < -0.4 is 0 Å². The summed E-state index contributed by atoms with van der Waals surface area (Å²) in [6.07, 6.45) is 4.49. The molecule has 8 heteroatoms. The summed E-state index contributed by atoms with van der Waals surface area (Å²) in [5, 5.41) is 15.6. The number of aliphatic hydroxyl groups is 1. The van der Waals surface area contributed by atoms with E-state index in [-0.39, 0.29) is 11.9 Å². The van der Waals surface area contributed by atoms with Crippen LogP contribution in [0.1, 0.15) is 24.4 Å². The molecule has 1 saturated carbocycles. The first kappa shape index (κ1) is 17.8. The molecule has 1 N–H and O–H groups in total. The molecule has 0 spiro atoms. The molecular formula is C18H20Cl2N4O2. The largest absolute Gasteiger partial charge is 0.391 e. The highest BCUT2D eigenvalue weighted by atomic mass is 35.5. The molecule has 0 radical (unpaired) electrons. The first-order valence-corrected chi connectivity index (χ1v) is 9.50. The zero-order valence-electron chi connectivity index (χ0n) is 14.1. The predicted octanol–water partition coefficient (Wildman–Crippen LogP) is 2.60. The molecule has 1 saturated heterocycles. The van der Waals surface area contributed by atoms with E-state index in [1.54, 1.807) is 23.1 Å². The molecule has 0 bridgehead atoms. The van der Waals surface area contributed by atoms with Gasteiger partial charge in [-0.15, -0.1) is 0 Å². The van der Waals surface area contributed by atoms with E-state index in [2.05, 4.69) is 10.1 Å². The Kier molecular flexibility index (Phi) is 4.90. The van der Waals surface area contributed by atoms with Crippen molar-refractivity contribution in [3.8, 4) is 0 Å². The van der Waals surface area contributed by atoms with Crippen LogP contribution in [0.2, 0.25) is 10.0 Å². The third-order valence-electron chi connectivity index (χ3n) is 5.58. The Balaban J connectivity index is 1.41. The third-order valence-corrected chi connectivity index (χ3v) is 6.32. The number of likely N-dealkylation sites (tertiary alicyclic amines) is 1. The smallest absolute Gasteiger partial charge is 0.227 e. The molecule has 1 aromatic heterocycles. The maximum Gasteiger partial charge on any atom is 0.227 e. The van der Waals surface area contributed by atoms with Crippen molar-refractivity contribution >= 4 is 29.1 Å². The summed E-state index contributed by atoms with van der Waals surface area (Å²) in [4.78, 5) is 18.6. The molecule has 1 aromatic carbocycles. The monoisotopic (exact) mass is 394 g/mol. The van der Waals surface area contributed by atoms with Crippen LogP contribution in [0.4, 0.5) is 0 Å². The Morgan fingerprint density at radius 2 is 1.96 bits per heavy atom. The van der Waals surface area contributed by atoms with Gasteiger partial charge in [0.15, 0.2) is 0 Å². The number of carbonyl (C=O) groups is 1. The summed E-state index contributed by atoms with van der Waals surface area (Å²) in [5.74, 6) is 0.803. The average molecular weight is 395 g/mol.